The summed E-state index contributed by atoms with van der Waals surface area (Å²) in [6.07, 6.45) is 1.62. The zero-order chi connectivity index (χ0) is 21.5. The number of thiophene rings is 1. The molecule has 3 heterocycles. The van der Waals surface area contributed by atoms with E-state index < -0.39 is 5.97 Å². The van der Waals surface area contributed by atoms with Crippen LogP contribution in [0.1, 0.15) is 34.1 Å². The van der Waals surface area contributed by atoms with Crippen molar-refractivity contribution in [1.29, 1.82) is 0 Å². The zero-order valence-corrected chi connectivity index (χ0v) is 17.4. The molecule has 1 fully saturated rings. The molecule has 1 aliphatic rings. The number of aromatic carboxylic acids is 1. The Hall–Kier alpha value is -3.16. The molecule has 0 bridgehead atoms. The lowest BCUT2D eigenvalue weighted by Gasteiger charge is -2.25. The van der Waals surface area contributed by atoms with Gasteiger partial charge in [-0.3, -0.25) is 0 Å². The SMILES string of the molecule is O=C(O)c1ccc(-c2c(C3CCOCC3)n(-c3ccc(F)cc3)c3cccc(O)c23)s1. The molecule has 7 heteroatoms. The molecule has 2 aromatic carbocycles. The lowest BCUT2D eigenvalue weighted by Crippen LogP contribution is -2.17. The molecule has 1 aliphatic heterocycles. The van der Waals surface area contributed by atoms with E-state index in [4.69, 9.17) is 4.74 Å². The van der Waals surface area contributed by atoms with Crippen molar-refractivity contribution in [2.45, 2.75) is 18.8 Å². The molecule has 2 N–H and O–H groups in total. The van der Waals surface area contributed by atoms with Crippen LogP contribution < -0.4 is 0 Å². The van der Waals surface area contributed by atoms with Crippen molar-refractivity contribution in [3.63, 3.8) is 0 Å². The molecule has 0 atom stereocenters. The Morgan fingerprint density at radius 3 is 2.48 bits per heavy atom. The van der Waals surface area contributed by atoms with Crippen LogP contribution in [0, 0.1) is 5.82 Å². The average Bonchev–Trinajstić information content (AvgIpc) is 3.39. The molecule has 0 aliphatic carbocycles. The van der Waals surface area contributed by atoms with Crippen molar-refractivity contribution >= 4 is 28.2 Å². The number of fused-ring (bicyclic) bond motifs is 1. The summed E-state index contributed by atoms with van der Waals surface area (Å²) >= 11 is 1.19. The number of carbonyl (C=O) groups is 1. The summed E-state index contributed by atoms with van der Waals surface area (Å²) in [5, 5.41) is 21.0. The van der Waals surface area contributed by atoms with Crippen molar-refractivity contribution in [1.82, 2.24) is 4.57 Å². The van der Waals surface area contributed by atoms with Crippen LogP contribution in [0.5, 0.6) is 5.75 Å². The first-order valence-corrected chi connectivity index (χ1v) is 10.9. The number of hydrogen-bond acceptors (Lipinski definition) is 4. The zero-order valence-electron chi connectivity index (χ0n) is 16.5. The van der Waals surface area contributed by atoms with E-state index in [-0.39, 0.29) is 22.4 Å². The van der Waals surface area contributed by atoms with Crippen LogP contribution in [0.25, 0.3) is 27.0 Å². The lowest BCUT2D eigenvalue weighted by atomic mass is 9.92. The van der Waals surface area contributed by atoms with Crippen LogP contribution in [0.15, 0.2) is 54.6 Å². The number of carboxylic acids is 1. The predicted octanol–water partition coefficient (Wildman–Crippen LogP) is 5.80. The topological polar surface area (TPSA) is 71.7 Å². The maximum absolute atomic E-state index is 13.7. The van der Waals surface area contributed by atoms with Gasteiger partial charge in [0.2, 0.25) is 0 Å². The molecule has 2 aromatic heterocycles. The third-order valence-electron chi connectivity index (χ3n) is 5.76. The predicted molar refractivity (Wildman–Crippen MR) is 118 cm³/mol. The molecule has 5 nitrogen and oxygen atoms in total. The van der Waals surface area contributed by atoms with E-state index in [9.17, 15) is 19.4 Å². The van der Waals surface area contributed by atoms with Gasteiger partial charge in [-0.15, -0.1) is 11.3 Å². The Labute approximate surface area is 181 Å². The number of phenolic OH excluding ortho intramolecular Hbond substituents is 1. The van der Waals surface area contributed by atoms with Crippen LogP contribution in [0.3, 0.4) is 0 Å². The third-order valence-corrected chi connectivity index (χ3v) is 6.86. The summed E-state index contributed by atoms with van der Waals surface area (Å²) in [6, 6.07) is 15.0. The molecule has 1 saturated heterocycles. The monoisotopic (exact) mass is 437 g/mol. The smallest absolute Gasteiger partial charge is 0.345 e. The van der Waals surface area contributed by atoms with E-state index in [0.29, 0.717) is 18.6 Å². The van der Waals surface area contributed by atoms with Gasteiger partial charge in [0.15, 0.2) is 0 Å². The highest BCUT2D eigenvalue weighted by molar-refractivity contribution is 7.17. The standard InChI is InChI=1S/C24H20FNO4S/c25-15-4-6-16(7-5-15)26-17-2-1-3-18(27)21(17)22(19-8-9-20(31-19)24(28)29)23(26)14-10-12-30-13-11-14/h1-9,14,27H,10-13H2,(H,28,29). The van der Waals surface area contributed by atoms with Crippen molar-refractivity contribution in [2.24, 2.45) is 0 Å². The van der Waals surface area contributed by atoms with Crippen LogP contribution in [-0.2, 0) is 4.74 Å². The van der Waals surface area contributed by atoms with Crippen LogP contribution in [0.4, 0.5) is 4.39 Å². The van der Waals surface area contributed by atoms with Crippen LogP contribution >= 0.6 is 11.3 Å². The number of hydrogen-bond donors (Lipinski definition) is 2. The second-order valence-corrected chi connectivity index (χ2v) is 8.68. The number of benzene rings is 2. The quantitative estimate of drug-likeness (QED) is 0.424. The number of ether oxygens (including phenoxy) is 1. The van der Waals surface area contributed by atoms with Crippen molar-refractivity contribution in [3.8, 4) is 21.9 Å². The Kier molecular flexibility index (Phi) is 5.00. The highest BCUT2D eigenvalue weighted by Gasteiger charge is 2.29. The Morgan fingerprint density at radius 2 is 1.81 bits per heavy atom. The molecule has 0 unspecified atom stereocenters. The van der Waals surface area contributed by atoms with E-state index in [0.717, 1.165) is 40.2 Å². The van der Waals surface area contributed by atoms with E-state index in [2.05, 4.69) is 4.57 Å². The number of aromatic hydroxyl groups is 1. The highest BCUT2D eigenvalue weighted by Crippen LogP contribution is 2.47. The molecule has 0 amide bonds. The van der Waals surface area contributed by atoms with Gasteiger partial charge in [0.05, 0.1) is 10.9 Å². The van der Waals surface area contributed by atoms with Gasteiger partial charge in [0.1, 0.15) is 16.4 Å². The summed E-state index contributed by atoms with van der Waals surface area (Å²) in [4.78, 5) is 12.6. The lowest BCUT2D eigenvalue weighted by molar-refractivity contribution is 0.0702. The third kappa shape index (κ3) is 3.40. The number of halogens is 1. The van der Waals surface area contributed by atoms with Gasteiger partial charge in [0, 0.05) is 41.0 Å². The van der Waals surface area contributed by atoms with Gasteiger partial charge >= 0.3 is 5.97 Å². The molecule has 158 valence electrons. The average molecular weight is 437 g/mol. The normalized spacial score (nSPS) is 14.9. The summed E-state index contributed by atoms with van der Waals surface area (Å²) in [5.74, 6) is -1.02. The molecule has 4 aromatic rings. The molecule has 5 rings (SSSR count). The van der Waals surface area contributed by atoms with E-state index in [1.807, 2.05) is 6.07 Å². The molecular formula is C24H20FNO4S. The fourth-order valence-electron chi connectivity index (χ4n) is 4.40. The number of carboxylic acid groups (broad SMARTS) is 1. The molecule has 0 radical (unpaired) electrons. The van der Waals surface area contributed by atoms with Crippen molar-refractivity contribution in [3.05, 3.63) is 71.0 Å². The van der Waals surface area contributed by atoms with Crippen molar-refractivity contribution < 1.29 is 24.1 Å². The summed E-state index contributed by atoms with van der Waals surface area (Å²) < 4.78 is 21.3. The van der Waals surface area contributed by atoms with E-state index in [1.54, 1.807) is 36.4 Å². The fraction of sp³-hybridized carbons (Fsp3) is 0.208. The van der Waals surface area contributed by atoms with Gasteiger partial charge in [-0.25, -0.2) is 9.18 Å². The van der Waals surface area contributed by atoms with Gasteiger partial charge in [-0.2, -0.15) is 0 Å². The number of rotatable bonds is 4. The summed E-state index contributed by atoms with van der Waals surface area (Å²) in [7, 11) is 0. The Bertz CT molecular complexity index is 1270. The molecule has 0 spiro atoms. The molecule has 31 heavy (non-hydrogen) atoms. The summed E-state index contributed by atoms with van der Waals surface area (Å²) in [5.41, 5.74) is 3.42. The second-order valence-electron chi connectivity index (χ2n) is 7.60. The maximum Gasteiger partial charge on any atom is 0.345 e. The van der Waals surface area contributed by atoms with Crippen molar-refractivity contribution in [2.75, 3.05) is 13.2 Å². The molecular weight excluding hydrogens is 417 g/mol. The molecule has 0 saturated carbocycles. The number of phenols is 1. The minimum atomic E-state index is -0.977. The van der Waals surface area contributed by atoms with Gasteiger partial charge in [-0.05, 0) is 61.4 Å². The second kappa shape index (κ2) is 7.83. The van der Waals surface area contributed by atoms with Gasteiger partial charge < -0.3 is 19.5 Å². The highest BCUT2D eigenvalue weighted by atomic mass is 32.1. The fourth-order valence-corrected chi connectivity index (χ4v) is 5.31. The van der Waals surface area contributed by atoms with Gasteiger partial charge in [-0.1, -0.05) is 6.07 Å². The van der Waals surface area contributed by atoms with E-state index in [1.165, 1.54) is 23.5 Å². The number of aromatic nitrogens is 1. The Morgan fingerprint density at radius 1 is 1.06 bits per heavy atom. The maximum atomic E-state index is 13.7. The first kappa shape index (κ1) is 19.8. The Balaban J connectivity index is 1.87. The first-order chi connectivity index (χ1) is 15.0. The van der Waals surface area contributed by atoms with Crippen LogP contribution in [-0.4, -0.2) is 34.0 Å². The van der Waals surface area contributed by atoms with Gasteiger partial charge in [0.25, 0.3) is 0 Å². The summed E-state index contributed by atoms with van der Waals surface area (Å²) in [6.45, 7) is 1.26. The first-order valence-electron chi connectivity index (χ1n) is 10.1. The number of nitrogens with zero attached hydrogens (tertiary/aromatic N) is 1. The largest absolute Gasteiger partial charge is 0.507 e. The van der Waals surface area contributed by atoms with Crippen LogP contribution in [0.2, 0.25) is 0 Å². The minimum Gasteiger partial charge on any atom is -0.507 e. The van der Waals surface area contributed by atoms with E-state index >= 15 is 0 Å². The minimum absolute atomic E-state index is 0.131.